The van der Waals surface area contributed by atoms with Crippen LogP contribution in [0.2, 0.25) is 5.02 Å². The monoisotopic (exact) mass is 305 g/mol. The highest BCUT2D eigenvalue weighted by atomic mass is 35.5. The van der Waals surface area contributed by atoms with Crippen molar-refractivity contribution in [2.24, 2.45) is 0 Å². The molecule has 0 aliphatic rings. The van der Waals surface area contributed by atoms with E-state index in [-0.39, 0.29) is 5.56 Å². The molecule has 0 radical (unpaired) electrons. The second kappa shape index (κ2) is 6.54. The Morgan fingerprint density at radius 3 is 2.76 bits per heavy atom. The van der Waals surface area contributed by atoms with E-state index in [1.54, 1.807) is 0 Å². The minimum Gasteiger partial charge on any atom is -0.478 e. The average molecular weight is 306 g/mol. The van der Waals surface area contributed by atoms with Gasteiger partial charge < -0.3 is 10.0 Å². The first-order valence-corrected chi connectivity index (χ1v) is 6.95. The number of hydrogen-bond acceptors (Lipinski definition) is 4. The van der Waals surface area contributed by atoms with Gasteiger partial charge in [-0.15, -0.1) is 0 Å². The van der Waals surface area contributed by atoms with Gasteiger partial charge in [0.05, 0.1) is 22.8 Å². The molecule has 0 unspecified atom stereocenters. The fourth-order valence-corrected chi connectivity index (χ4v) is 2.29. The molecule has 2 aromatic heterocycles. The van der Waals surface area contributed by atoms with Crippen molar-refractivity contribution in [2.75, 3.05) is 11.4 Å². The van der Waals surface area contributed by atoms with Crippen LogP contribution in [-0.4, -0.2) is 27.6 Å². The predicted molar refractivity (Wildman–Crippen MR) is 81.9 cm³/mol. The Bertz CT molecular complexity index is 661. The van der Waals surface area contributed by atoms with Crippen molar-refractivity contribution in [3.8, 4) is 0 Å². The first-order chi connectivity index (χ1) is 10.0. The number of nitrogens with zero attached hydrogens (tertiary/aromatic N) is 3. The average Bonchev–Trinajstić information content (AvgIpc) is 2.45. The summed E-state index contributed by atoms with van der Waals surface area (Å²) in [5, 5.41) is 9.26. The number of pyridine rings is 2. The van der Waals surface area contributed by atoms with Gasteiger partial charge in [0, 0.05) is 18.4 Å². The number of anilines is 1. The number of halogens is 1. The van der Waals surface area contributed by atoms with Gasteiger partial charge in [-0.3, -0.25) is 4.98 Å². The molecule has 0 saturated heterocycles. The van der Waals surface area contributed by atoms with Crippen molar-refractivity contribution in [3.05, 3.63) is 52.4 Å². The van der Waals surface area contributed by atoms with E-state index in [2.05, 4.69) is 9.97 Å². The Morgan fingerprint density at radius 2 is 2.19 bits per heavy atom. The number of aryl methyl sites for hydroxylation is 1. The number of carbonyl (C=O) groups is 1. The predicted octanol–water partition coefficient (Wildman–Crippen LogP) is 3.16. The van der Waals surface area contributed by atoms with Crippen LogP contribution in [-0.2, 0) is 6.54 Å². The zero-order valence-electron chi connectivity index (χ0n) is 11.9. The third-order valence-corrected chi connectivity index (χ3v) is 3.33. The van der Waals surface area contributed by atoms with Crippen molar-refractivity contribution < 1.29 is 9.90 Å². The number of carboxylic acid groups (broad SMARTS) is 1. The number of aromatic carboxylic acids is 1. The van der Waals surface area contributed by atoms with Gasteiger partial charge in [-0.2, -0.15) is 0 Å². The Balaban J connectivity index is 2.27. The maximum atomic E-state index is 10.9. The van der Waals surface area contributed by atoms with Crippen molar-refractivity contribution >= 4 is 23.4 Å². The smallest absolute Gasteiger partial charge is 0.337 e. The molecule has 0 bridgehead atoms. The highest BCUT2D eigenvalue weighted by Crippen LogP contribution is 2.25. The van der Waals surface area contributed by atoms with Crippen LogP contribution in [0.3, 0.4) is 0 Å². The molecule has 0 aliphatic carbocycles. The molecule has 0 amide bonds. The Labute approximate surface area is 128 Å². The lowest BCUT2D eigenvalue weighted by Gasteiger charge is -2.22. The molecule has 0 aromatic carbocycles. The van der Waals surface area contributed by atoms with Crippen LogP contribution in [0.4, 0.5) is 5.82 Å². The van der Waals surface area contributed by atoms with E-state index >= 15 is 0 Å². The molecular formula is C15H16ClN3O2. The molecule has 110 valence electrons. The Kier molecular flexibility index (Phi) is 4.75. The fourth-order valence-electron chi connectivity index (χ4n) is 2.00. The van der Waals surface area contributed by atoms with Gasteiger partial charge in [0.1, 0.15) is 5.82 Å². The summed E-state index contributed by atoms with van der Waals surface area (Å²) in [7, 11) is 0. The molecular weight excluding hydrogens is 290 g/mol. The molecule has 2 heterocycles. The largest absolute Gasteiger partial charge is 0.478 e. The zero-order chi connectivity index (χ0) is 15.4. The van der Waals surface area contributed by atoms with Crippen LogP contribution in [0.5, 0.6) is 0 Å². The minimum atomic E-state index is -1.04. The van der Waals surface area contributed by atoms with Crippen LogP contribution in [0, 0.1) is 6.92 Å². The van der Waals surface area contributed by atoms with Crippen molar-refractivity contribution in [3.63, 3.8) is 0 Å². The van der Waals surface area contributed by atoms with Crippen LogP contribution >= 0.6 is 11.6 Å². The normalized spacial score (nSPS) is 10.4. The van der Waals surface area contributed by atoms with Gasteiger partial charge in [0.15, 0.2) is 0 Å². The van der Waals surface area contributed by atoms with Gasteiger partial charge in [0.2, 0.25) is 0 Å². The number of hydrogen-bond donors (Lipinski definition) is 1. The summed E-state index contributed by atoms with van der Waals surface area (Å²) < 4.78 is 0. The lowest BCUT2D eigenvalue weighted by atomic mass is 10.2. The molecule has 2 rings (SSSR count). The van der Waals surface area contributed by atoms with E-state index in [9.17, 15) is 4.79 Å². The number of aromatic nitrogens is 2. The first-order valence-electron chi connectivity index (χ1n) is 6.57. The first kappa shape index (κ1) is 15.3. The molecule has 0 atom stereocenters. The van der Waals surface area contributed by atoms with Gasteiger partial charge in [-0.25, -0.2) is 9.78 Å². The zero-order valence-corrected chi connectivity index (χ0v) is 12.6. The molecule has 21 heavy (non-hydrogen) atoms. The lowest BCUT2D eigenvalue weighted by Crippen LogP contribution is -2.24. The van der Waals surface area contributed by atoms with E-state index < -0.39 is 5.97 Å². The fraction of sp³-hybridized carbons (Fsp3) is 0.267. The van der Waals surface area contributed by atoms with E-state index in [0.717, 1.165) is 11.4 Å². The SMILES string of the molecule is CCN(Cc1cccc(C)n1)c1ncc(C(=O)O)cc1Cl. The standard InChI is InChI=1S/C15H16ClN3O2/c1-3-19(9-12-6-4-5-10(2)18-12)14-13(16)7-11(8-17-14)15(20)21/h4-8H,3,9H2,1-2H3,(H,20,21). The summed E-state index contributed by atoms with van der Waals surface area (Å²) in [6, 6.07) is 7.24. The highest BCUT2D eigenvalue weighted by molar-refractivity contribution is 6.33. The third-order valence-electron chi connectivity index (χ3n) is 3.05. The number of carboxylic acids is 1. The quantitative estimate of drug-likeness (QED) is 0.919. The molecule has 2 aromatic rings. The number of rotatable bonds is 5. The van der Waals surface area contributed by atoms with Crippen LogP contribution < -0.4 is 4.90 Å². The Hall–Kier alpha value is -2.14. The third kappa shape index (κ3) is 3.70. The van der Waals surface area contributed by atoms with Crippen LogP contribution in [0.25, 0.3) is 0 Å². The summed E-state index contributed by atoms with van der Waals surface area (Å²) in [6.07, 6.45) is 1.32. The summed E-state index contributed by atoms with van der Waals surface area (Å²) in [6.45, 7) is 5.18. The van der Waals surface area contributed by atoms with Crippen LogP contribution in [0.1, 0.15) is 28.7 Å². The molecule has 1 N–H and O–H groups in total. The van der Waals surface area contributed by atoms with E-state index in [0.29, 0.717) is 23.9 Å². The highest BCUT2D eigenvalue weighted by Gasteiger charge is 2.14. The van der Waals surface area contributed by atoms with Crippen LogP contribution in [0.15, 0.2) is 30.5 Å². The molecule has 5 nitrogen and oxygen atoms in total. The maximum Gasteiger partial charge on any atom is 0.337 e. The molecule has 0 aliphatic heterocycles. The van der Waals surface area contributed by atoms with Crippen molar-refractivity contribution in [1.29, 1.82) is 0 Å². The van der Waals surface area contributed by atoms with Gasteiger partial charge in [0.25, 0.3) is 0 Å². The van der Waals surface area contributed by atoms with Gasteiger partial charge in [-0.1, -0.05) is 17.7 Å². The molecule has 0 spiro atoms. The second-order valence-corrected chi connectivity index (χ2v) is 5.03. The van der Waals surface area contributed by atoms with Gasteiger partial charge >= 0.3 is 5.97 Å². The maximum absolute atomic E-state index is 10.9. The van der Waals surface area contributed by atoms with Crippen molar-refractivity contribution in [2.45, 2.75) is 20.4 Å². The summed E-state index contributed by atoms with van der Waals surface area (Å²) >= 11 is 6.16. The Morgan fingerprint density at radius 1 is 1.43 bits per heavy atom. The van der Waals surface area contributed by atoms with E-state index in [1.807, 2.05) is 36.9 Å². The lowest BCUT2D eigenvalue weighted by molar-refractivity contribution is 0.0696. The minimum absolute atomic E-state index is 0.0773. The molecule has 0 fully saturated rings. The molecule has 6 heteroatoms. The topological polar surface area (TPSA) is 66.3 Å². The van der Waals surface area contributed by atoms with Crippen molar-refractivity contribution in [1.82, 2.24) is 9.97 Å². The summed E-state index contributed by atoms with van der Waals surface area (Å²) in [4.78, 5) is 21.5. The second-order valence-electron chi connectivity index (χ2n) is 4.62. The summed E-state index contributed by atoms with van der Waals surface area (Å²) in [5.74, 6) is -0.480. The molecule has 0 saturated carbocycles. The van der Waals surface area contributed by atoms with E-state index in [1.165, 1.54) is 12.3 Å². The summed E-state index contributed by atoms with van der Waals surface area (Å²) in [5.41, 5.74) is 1.94. The van der Waals surface area contributed by atoms with E-state index in [4.69, 9.17) is 16.7 Å². The van der Waals surface area contributed by atoms with Gasteiger partial charge in [-0.05, 0) is 32.0 Å².